The molecule has 228 valence electrons. The standard InChI is InChI=1S/C31H36IN5O6/c1-7-42-26-14-21(29-28(30(39)41-6)19(4)34-31(40)35-29)8-11-25(26)43-16-27(38)36-33-15-22-13-18(3)37(20(22)5)23-9-10-24(32)17(2)12-23/h8-15,27,29,36,38H,7,16H2,1-6H3,(H2,34,35,40)/b33-15+/t27-,29+/m1/s1. The summed E-state index contributed by atoms with van der Waals surface area (Å²) in [4.78, 5) is 24.6. The van der Waals surface area contributed by atoms with Crippen molar-refractivity contribution < 1.29 is 28.9 Å². The number of urea groups is 1. The quantitative estimate of drug-likeness (QED) is 0.0759. The maximum Gasteiger partial charge on any atom is 0.337 e. The van der Waals surface area contributed by atoms with Gasteiger partial charge in [-0.2, -0.15) is 5.10 Å². The molecule has 4 N–H and O–H groups in total. The van der Waals surface area contributed by atoms with Gasteiger partial charge in [-0.1, -0.05) is 6.07 Å². The predicted octanol–water partition coefficient (Wildman–Crippen LogP) is 4.53. The van der Waals surface area contributed by atoms with Crippen LogP contribution in [0.15, 0.2) is 58.8 Å². The molecule has 0 radical (unpaired) electrons. The van der Waals surface area contributed by atoms with Crippen LogP contribution in [0.3, 0.4) is 0 Å². The Morgan fingerprint density at radius 3 is 2.60 bits per heavy atom. The number of aliphatic hydroxyl groups is 1. The highest BCUT2D eigenvalue weighted by atomic mass is 127. The van der Waals surface area contributed by atoms with Crippen LogP contribution in [0.2, 0.25) is 0 Å². The number of halogens is 1. The van der Waals surface area contributed by atoms with E-state index >= 15 is 0 Å². The molecule has 43 heavy (non-hydrogen) atoms. The zero-order valence-electron chi connectivity index (χ0n) is 24.9. The Hall–Kier alpha value is -4.04. The van der Waals surface area contributed by atoms with E-state index in [4.69, 9.17) is 14.2 Å². The summed E-state index contributed by atoms with van der Waals surface area (Å²) in [5.74, 6) is 0.214. The lowest BCUT2D eigenvalue weighted by Crippen LogP contribution is -2.45. The maximum atomic E-state index is 12.4. The van der Waals surface area contributed by atoms with Gasteiger partial charge in [0.05, 0.1) is 31.5 Å². The summed E-state index contributed by atoms with van der Waals surface area (Å²) in [6, 6.07) is 12.3. The van der Waals surface area contributed by atoms with Crippen LogP contribution in [-0.2, 0) is 9.53 Å². The number of amides is 2. The summed E-state index contributed by atoms with van der Waals surface area (Å²) in [5.41, 5.74) is 9.31. The molecule has 0 unspecified atom stereocenters. The molecule has 1 aliphatic rings. The van der Waals surface area contributed by atoms with E-state index < -0.39 is 24.3 Å². The molecule has 0 bridgehead atoms. The number of methoxy groups -OCH3 is 1. The lowest BCUT2D eigenvalue weighted by Gasteiger charge is -2.28. The lowest BCUT2D eigenvalue weighted by molar-refractivity contribution is -0.136. The number of benzene rings is 2. The molecule has 11 nitrogen and oxygen atoms in total. The highest BCUT2D eigenvalue weighted by Gasteiger charge is 2.32. The number of hydrogen-bond donors (Lipinski definition) is 4. The minimum atomic E-state index is -1.10. The number of aryl methyl sites for hydroxylation is 2. The molecule has 0 aliphatic carbocycles. The van der Waals surface area contributed by atoms with Crippen molar-refractivity contribution in [1.82, 2.24) is 20.6 Å². The van der Waals surface area contributed by atoms with E-state index in [-0.39, 0.29) is 12.2 Å². The molecule has 2 heterocycles. The van der Waals surface area contributed by atoms with E-state index in [1.165, 1.54) is 16.2 Å². The zero-order valence-corrected chi connectivity index (χ0v) is 27.1. The average molecular weight is 702 g/mol. The van der Waals surface area contributed by atoms with Crippen molar-refractivity contribution in [2.24, 2.45) is 5.10 Å². The first kappa shape index (κ1) is 31.9. The molecule has 0 fully saturated rings. The van der Waals surface area contributed by atoms with Crippen LogP contribution in [0.1, 0.15) is 48.0 Å². The number of rotatable bonds is 11. The van der Waals surface area contributed by atoms with Gasteiger partial charge in [0.25, 0.3) is 0 Å². The summed E-state index contributed by atoms with van der Waals surface area (Å²) >= 11 is 2.33. The highest BCUT2D eigenvalue weighted by molar-refractivity contribution is 14.1. The van der Waals surface area contributed by atoms with Crippen LogP contribution in [0.5, 0.6) is 11.5 Å². The van der Waals surface area contributed by atoms with Crippen LogP contribution in [0, 0.1) is 24.3 Å². The molecular weight excluding hydrogens is 665 g/mol. The molecule has 2 amide bonds. The van der Waals surface area contributed by atoms with Gasteiger partial charge in [0.15, 0.2) is 17.7 Å². The van der Waals surface area contributed by atoms with E-state index in [9.17, 15) is 14.7 Å². The molecule has 4 rings (SSSR count). The number of aromatic nitrogens is 1. The number of hydrogen-bond acceptors (Lipinski definition) is 8. The lowest BCUT2D eigenvalue weighted by atomic mass is 9.95. The number of carbonyl (C=O) groups excluding carboxylic acids is 2. The highest BCUT2D eigenvalue weighted by Crippen LogP contribution is 2.35. The van der Waals surface area contributed by atoms with Crippen molar-refractivity contribution in [3.63, 3.8) is 0 Å². The Bertz CT molecular complexity index is 1580. The van der Waals surface area contributed by atoms with Crippen molar-refractivity contribution in [3.8, 4) is 17.2 Å². The van der Waals surface area contributed by atoms with Crippen molar-refractivity contribution >= 4 is 40.8 Å². The Labute approximate surface area is 264 Å². The van der Waals surface area contributed by atoms with E-state index in [0.29, 0.717) is 29.4 Å². The van der Waals surface area contributed by atoms with Gasteiger partial charge in [-0.15, -0.1) is 0 Å². The first-order valence-corrected chi connectivity index (χ1v) is 14.8. The molecule has 0 saturated carbocycles. The fraction of sp³-hybridized carbons (Fsp3) is 0.323. The molecule has 0 saturated heterocycles. The van der Waals surface area contributed by atoms with Gasteiger partial charge in [-0.05, 0) is 105 Å². The fourth-order valence-corrected chi connectivity index (χ4v) is 5.23. The minimum absolute atomic E-state index is 0.117. The first-order chi connectivity index (χ1) is 20.5. The number of carbonyl (C=O) groups is 2. The second-order valence-corrected chi connectivity index (χ2v) is 11.2. The van der Waals surface area contributed by atoms with Crippen LogP contribution in [0.25, 0.3) is 5.69 Å². The smallest absolute Gasteiger partial charge is 0.337 e. The molecule has 12 heteroatoms. The van der Waals surface area contributed by atoms with Gasteiger partial charge >= 0.3 is 12.0 Å². The summed E-state index contributed by atoms with van der Waals surface area (Å²) in [6.07, 6.45) is 0.567. The number of nitrogens with zero attached hydrogens (tertiary/aromatic N) is 2. The van der Waals surface area contributed by atoms with E-state index in [1.54, 1.807) is 31.3 Å². The second-order valence-electron chi connectivity index (χ2n) is 10.0. The van der Waals surface area contributed by atoms with Crippen LogP contribution >= 0.6 is 22.6 Å². The molecule has 1 aromatic heterocycles. The number of ether oxygens (including phenoxy) is 3. The SMILES string of the molecule is CCOc1cc([C@@H]2NC(=O)NC(C)=C2C(=O)OC)ccc1OC[C@@H](O)N/N=C/c1cc(C)n(-c2ccc(I)c(C)c2)c1C. The molecule has 1 aliphatic heterocycles. The van der Waals surface area contributed by atoms with Crippen molar-refractivity contribution in [2.75, 3.05) is 20.3 Å². The Morgan fingerprint density at radius 1 is 1.14 bits per heavy atom. The molecule has 2 aromatic carbocycles. The summed E-state index contributed by atoms with van der Waals surface area (Å²) in [5, 5.41) is 20.1. The molecule has 0 spiro atoms. The third kappa shape index (κ3) is 7.31. The average Bonchev–Trinajstić information content (AvgIpc) is 3.25. The number of aliphatic hydroxyl groups excluding tert-OH is 1. The Balaban J connectivity index is 1.43. The normalized spacial score (nSPS) is 15.6. The second kappa shape index (κ2) is 14.0. The van der Waals surface area contributed by atoms with Crippen molar-refractivity contribution in [1.29, 1.82) is 0 Å². The van der Waals surface area contributed by atoms with Crippen molar-refractivity contribution in [2.45, 2.75) is 46.9 Å². The monoisotopic (exact) mass is 701 g/mol. The van der Waals surface area contributed by atoms with Gasteiger partial charge in [-0.3, -0.25) is 5.43 Å². The summed E-state index contributed by atoms with van der Waals surface area (Å²) < 4.78 is 19.9. The van der Waals surface area contributed by atoms with Gasteiger partial charge < -0.3 is 34.5 Å². The largest absolute Gasteiger partial charge is 0.490 e. The number of hydrazone groups is 1. The third-order valence-electron chi connectivity index (χ3n) is 6.97. The van der Waals surface area contributed by atoms with Gasteiger partial charge in [0, 0.05) is 31.9 Å². The molecular formula is C31H36IN5O6. The van der Waals surface area contributed by atoms with Crippen molar-refractivity contribution in [3.05, 3.63) is 85.4 Å². The maximum absolute atomic E-state index is 12.4. The van der Waals surface area contributed by atoms with Gasteiger partial charge in [0.1, 0.15) is 6.61 Å². The van der Waals surface area contributed by atoms with Gasteiger partial charge in [-0.25, -0.2) is 9.59 Å². The van der Waals surface area contributed by atoms with Crippen LogP contribution < -0.4 is 25.5 Å². The number of allylic oxidation sites excluding steroid dienone is 1. The Morgan fingerprint density at radius 2 is 1.91 bits per heavy atom. The van der Waals surface area contributed by atoms with E-state index in [1.807, 2.05) is 26.8 Å². The van der Waals surface area contributed by atoms with E-state index in [2.05, 4.69) is 73.4 Å². The summed E-state index contributed by atoms with van der Waals surface area (Å²) in [7, 11) is 1.28. The summed E-state index contributed by atoms with van der Waals surface area (Å²) in [6.45, 7) is 9.86. The predicted molar refractivity (Wildman–Crippen MR) is 172 cm³/mol. The molecule has 3 aromatic rings. The fourth-order valence-electron chi connectivity index (χ4n) is 4.90. The minimum Gasteiger partial charge on any atom is -0.490 e. The topological polar surface area (TPSA) is 135 Å². The Kier molecular flexibility index (Phi) is 10.3. The number of esters is 1. The van der Waals surface area contributed by atoms with Crippen LogP contribution in [0.4, 0.5) is 4.79 Å². The van der Waals surface area contributed by atoms with E-state index in [0.717, 1.165) is 22.6 Å². The van der Waals surface area contributed by atoms with Gasteiger partial charge in [0.2, 0.25) is 0 Å². The molecule has 2 atom stereocenters. The number of nitrogens with one attached hydrogen (secondary N) is 3. The first-order valence-electron chi connectivity index (χ1n) is 13.7. The van der Waals surface area contributed by atoms with Crippen LogP contribution in [-0.4, -0.2) is 54.4 Å². The zero-order chi connectivity index (χ0) is 31.3. The third-order valence-corrected chi connectivity index (χ3v) is 8.18.